The summed E-state index contributed by atoms with van der Waals surface area (Å²) in [5, 5.41) is 0.582. The first-order valence-electron chi connectivity index (χ1n) is 11.7. The van der Waals surface area contributed by atoms with Crippen molar-refractivity contribution in [2.24, 2.45) is 5.92 Å². The van der Waals surface area contributed by atoms with Crippen LogP contribution in [-0.2, 0) is 11.3 Å². The Morgan fingerprint density at radius 2 is 1.78 bits per heavy atom. The van der Waals surface area contributed by atoms with E-state index in [0.29, 0.717) is 36.3 Å². The van der Waals surface area contributed by atoms with Crippen LogP contribution in [0.25, 0.3) is 0 Å². The zero-order valence-electron chi connectivity index (χ0n) is 19.9. The molecule has 1 fully saturated rings. The summed E-state index contributed by atoms with van der Waals surface area (Å²) in [5.74, 6) is -1.99. The molecule has 188 valence electrons. The monoisotopic (exact) mass is 512 g/mol. The molecule has 2 atom stereocenters. The molecule has 2 amide bonds. The molecule has 0 aliphatic carbocycles. The highest BCUT2D eigenvalue weighted by Gasteiger charge is 2.36. The predicted molar refractivity (Wildman–Crippen MR) is 134 cm³/mol. The van der Waals surface area contributed by atoms with E-state index in [4.69, 9.17) is 16.3 Å². The van der Waals surface area contributed by atoms with Crippen molar-refractivity contribution in [1.82, 2.24) is 9.80 Å². The number of ether oxygens (including phenoxy) is 1. The number of rotatable bonds is 7. The molecule has 0 unspecified atom stereocenters. The van der Waals surface area contributed by atoms with Crippen molar-refractivity contribution in [3.63, 3.8) is 0 Å². The Bertz CT molecular complexity index is 1210. The van der Waals surface area contributed by atoms with Gasteiger partial charge in [0, 0.05) is 56.5 Å². The fourth-order valence-corrected chi connectivity index (χ4v) is 4.52. The van der Waals surface area contributed by atoms with Crippen LogP contribution in [0.4, 0.5) is 8.78 Å². The van der Waals surface area contributed by atoms with Crippen molar-refractivity contribution >= 4 is 23.4 Å². The molecule has 36 heavy (non-hydrogen) atoms. The number of amides is 2. The van der Waals surface area contributed by atoms with Gasteiger partial charge in [-0.25, -0.2) is 8.78 Å². The highest BCUT2D eigenvalue weighted by atomic mass is 35.5. The molecule has 0 spiro atoms. The van der Waals surface area contributed by atoms with Gasteiger partial charge in [-0.05, 0) is 42.0 Å². The number of likely N-dealkylation sites (tertiary alicyclic amines) is 1. The lowest BCUT2D eigenvalue weighted by molar-refractivity contribution is -0.133. The number of carbonyl (C=O) groups is 2. The van der Waals surface area contributed by atoms with E-state index in [1.807, 2.05) is 30.3 Å². The minimum absolute atomic E-state index is 0.0872. The van der Waals surface area contributed by atoms with E-state index in [0.717, 1.165) is 17.7 Å². The predicted octanol–water partition coefficient (Wildman–Crippen LogP) is 5.58. The molecule has 4 rings (SSSR count). The lowest BCUT2D eigenvalue weighted by Crippen LogP contribution is -2.49. The number of piperidine rings is 1. The van der Waals surface area contributed by atoms with Gasteiger partial charge in [0.1, 0.15) is 23.5 Å². The molecule has 8 heteroatoms. The maximum absolute atomic E-state index is 14.3. The van der Waals surface area contributed by atoms with Gasteiger partial charge in [0.15, 0.2) is 0 Å². The number of carbonyl (C=O) groups excluding carboxylic acids is 2. The van der Waals surface area contributed by atoms with Gasteiger partial charge < -0.3 is 14.5 Å². The summed E-state index contributed by atoms with van der Waals surface area (Å²) >= 11 is 5.98. The van der Waals surface area contributed by atoms with Crippen LogP contribution in [0.1, 0.15) is 28.8 Å². The van der Waals surface area contributed by atoms with Crippen LogP contribution in [0, 0.1) is 17.6 Å². The highest BCUT2D eigenvalue weighted by Crippen LogP contribution is 2.28. The van der Waals surface area contributed by atoms with E-state index in [1.165, 1.54) is 4.90 Å². The number of halogens is 3. The van der Waals surface area contributed by atoms with Crippen molar-refractivity contribution in [2.45, 2.75) is 25.5 Å². The topological polar surface area (TPSA) is 49.9 Å². The summed E-state index contributed by atoms with van der Waals surface area (Å²) in [6.45, 7) is 0.982. The first kappa shape index (κ1) is 25.6. The molecule has 3 aromatic rings. The van der Waals surface area contributed by atoms with E-state index < -0.39 is 17.5 Å². The summed E-state index contributed by atoms with van der Waals surface area (Å²) in [5.41, 5.74) is 0.814. The molecule has 0 N–H and O–H groups in total. The van der Waals surface area contributed by atoms with Crippen molar-refractivity contribution in [3.05, 3.63) is 101 Å². The van der Waals surface area contributed by atoms with Crippen LogP contribution in [0.2, 0.25) is 5.02 Å². The fraction of sp³-hybridized carbons (Fsp3) is 0.286. The third kappa shape index (κ3) is 6.40. The van der Waals surface area contributed by atoms with Gasteiger partial charge in [-0.15, -0.1) is 0 Å². The number of nitrogens with zero attached hydrogens (tertiary/aromatic N) is 2. The molecule has 0 aromatic heterocycles. The minimum Gasteiger partial charge on any atom is -0.490 e. The van der Waals surface area contributed by atoms with Gasteiger partial charge in [-0.3, -0.25) is 9.59 Å². The van der Waals surface area contributed by atoms with Crippen molar-refractivity contribution in [2.75, 3.05) is 20.1 Å². The standard InChI is InChI=1S/C28H27ClF2N2O3/c1-32(17-19-5-3-2-4-6-19)27(34)15-20-18-33(28(35)24-12-9-22(30)16-25(24)31)14-13-26(20)36-23-10-7-21(29)8-11-23/h2-12,16,20,26H,13-15,17-18H2,1H3/t20-,26-/m0/s1. The Kier molecular flexibility index (Phi) is 8.21. The normalized spacial score (nSPS) is 17.5. The van der Waals surface area contributed by atoms with Gasteiger partial charge in [-0.1, -0.05) is 41.9 Å². The van der Waals surface area contributed by atoms with E-state index in [1.54, 1.807) is 36.2 Å². The second-order valence-corrected chi connectivity index (χ2v) is 9.41. The fourth-order valence-electron chi connectivity index (χ4n) is 4.39. The summed E-state index contributed by atoms with van der Waals surface area (Å²) in [4.78, 5) is 29.4. The molecule has 1 aliphatic rings. The van der Waals surface area contributed by atoms with Crippen LogP contribution in [0.3, 0.4) is 0 Å². The van der Waals surface area contributed by atoms with Crippen molar-refractivity contribution in [1.29, 1.82) is 0 Å². The lowest BCUT2D eigenvalue weighted by atomic mass is 9.90. The molecular formula is C28H27ClF2N2O3. The Labute approximate surface area is 214 Å². The summed E-state index contributed by atoms with van der Waals surface area (Å²) in [6.07, 6.45) is 0.275. The van der Waals surface area contributed by atoms with Gasteiger partial charge in [-0.2, -0.15) is 0 Å². The van der Waals surface area contributed by atoms with Crippen LogP contribution < -0.4 is 4.74 Å². The largest absolute Gasteiger partial charge is 0.490 e. The van der Waals surface area contributed by atoms with Gasteiger partial charge in [0.2, 0.25) is 5.91 Å². The molecule has 1 heterocycles. The Morgan fingerprint density at radius 3 is 2.47 bits per heavy atom. The van der Waals surface area contributed by atoms with Crippen LogP contribution in [0.5, 0.6) is 5.75 Å². The SMILES string of the molecule is CN(Cc1ccccc1)C(=O)C[C@H]1CN(C(=O)c2ccc(F)cc2F)CC[C@@H]1Oc1ccc(Cl)cc1. The van der Waals surface area contributed by atoms with Crippen LogP contribution in [-0.4, -0.2) is 47.9 Å². The average Bonchev–Trinajstić information content (AvgIpc) is 2.86. The van der Waals surface area contributed by atoms with Crippen LogP contribution >= 0.6 is 11.6 Å². The highest BCUT2D eigenvalue weighted by molar-refractivity contribution is 6.30. The van der Waals surface area contributed by atoms with E-state index in [9.17, 15) is 18.4 Å². The van der Waals surface area contributed by atoms with E-state index >= 15 is 0 Å². The first-order chi connectivity index (χ1) is 17.3. The zero-order valence-corrected chi connectivity index (χ0v) is 20.6. The second-order valence-electron chi connectivity index (χ2n) is 8.97. The molecule has 0 radical (unpaired) electrons. The summed E-state index contributed by atoms with van der Waals surface area (Å²) < 4.78 is 33.8. The summed E-state index contributed by atoms with van der Waals surface area (Å²) in [7, 11) is 1.74. The smallest absolute Gasteiger partial charge is 0.256 e. The van der Waals surface area contributed by atoms with Crippen LogP contribution in [0.15, 0.2) is 72.8 Å². The van der Waals surface area contributed by atoms with E-state index in [-0.39, 0.29) is 36.5 Å². The van der Waals surface area contributed by atoms with Gasteiger partial charge in [0.05, 0.1) is 5.56 Å². The number of hydrogen-bond donors (Lipinski definition) is 0. The Morgan fingerprint density at radius 1 is 1.06 bits per heavy atom. The Balaban J connectivity index is 1.50. The zero-order chi connectivity index (χ0) is 25.7. The molecule has 0 saturated carbocycles. The number of hydrogen-bond acceptors (Lipinski definition) is 3. The third-order valence-electron chi connectivity index (χ3n) is 6.34. The molecule has 1 aliphatic heterocycles. The molecule has 1 saturated heterocycles. The quantitative estimate of drug-likeness (QED) is 0.415. The molecular weight excluding hydrogens is 486 g/mol. The maximum atomic E-state index is 14.3. The minimum atomic E-state index is -0.908. The van der Waals surface area contributed by atoms with E-state index in [2.05, 4.69) is 0 Å². The second kappa shape index (κ2) is 11.5. The summed E-state index contributed by atoms with van der Waals surface area (Å²) in [6, 6.07) is 19.5. The average molecular weight is 513 g/mol. The van der Waals surface area contributed by atoms with Crippen molar-refractivity contribution < 1.29 is 23.1 Å². The number of benzene rings is 3. The molecule has 3 aromatic carbocycles. The third-order valence-corrected chi connectivity index (χ3v) is 6.59. The molecule has 0 bridgehead atoms. The van der Waals surface area contributed by atoms with Crippen molar-refractivity contribution in [3.8, 4) is 5.75 Å². The van der Waals surface area contributed by atoms with Gasteiger partial charge >= 0.3 is 0 Å². The lowest BCUT2D eigenvalue weighted by Gasteiger charge is -2.39. The van der Waals surface area contributed by atoms with Gasteiger partial charge in [0.25, 0.3) is 5.91 Å². The first-order valence-corrected chi connectivity index (χ1v) is 12.1. The Hall–Kier alpha value is -3.45. The maximum Gasteiger partial charge on any atom is 0.256 e. The molecule has 5 nitrogen and oxygen atoms in total.